The Bertz CT molecular complexity index is 1190. The molecule has 0 radical (unpaired) electrons. The summed E-state index contributed by atoms with van der Waals surface area (Å²) >= 11 is 1.21. The quantitative estimate of drug-likeness (QED) is 0.537. The summed E-state index contributed by atoms with van der Waals surface area (Å²) < 4.78 is 42.6. The second kappa shape index (κ2) is 6.92. The summed E-state index contributed by atoms with van der Waals surface area (Å²) in [5.41, 5.74) is -0.216. The van der Waals surface area contributed by atoms with Crippen molar-refractivity contribution in [1.82, 2.24) is 19.2 Å². The predicted molar refractivity (Wildman–Crippen MR) is 93.2 cm³/mol. The summed E-state index contributed by atoms with van der Waals surface area (Å²) in [6, 6.07) is 8.85. The summed E-state index contributed by atoms with van der Waals surface area (Å²) in [4.78, 5) is 17.5. The van der Waals surface area contributed by atoms with Gasteiger partial charge in [0.05, 0.1) is 6.54 Å². The lowest BCUT2D eigenvalue weighted by molar-refractivity contribution is 0.561. The fourth-order valence-corrected chi connectivity index (χ4v) is 3.38. The van der Waals surface area contributed by atoms with E-state index in [4.69, 9.17) is 0 Å². The zero-order valence-corrected chi connectivity index (χ0v) is 14.5. The van der Waals surface area contributed by atoms with Gasteiger partial charge in [0.1, 0.15) is 22.5 Å². The van der Waals surface area contributed by atoms with Crippen LogP contribution in [0.15, 0.2) is 69.6 Å². The lowest BCUT2D eigenvalue weighted by Crippen LogP contribution is -2.22. The Morgan fingerprint density at radius 3 is 2.52 bits per heavy atom. The van der Waals surface area contributed by atoms with Crippen LogP contribution in [-0.4, -0.2) is 19.2 Å². The molecule has 0 spiro atoms. The molecule has 4 aromatic rings. The number of benzene rings is 2. The normalized spacial score (nSPS) is 11.2. The Labute approximate surface area is 155 Å². The Morgan fingerprint density at radius 2 is 1.74 bits per heavy atom. The molecule has 0 aliphatic rings. The summed E-state index contributed by atoms with van der Waals surface area (Å²) in [5.74, 6) is -1.58. The van der Waals surface area contributed by atoms with Crippen LogP contribution in [0, 0.1) is 17.5 Å². The third kappa shape index (κ3) is 3.45. The van der Waals surface area contributed by atoms with E-state index in [-0.39, 0.29) is 23.6 Å². The van der Waals surface area contributed by atoms with Gasteiger partial charge in [-0.1, -0.05) is 11.8 Å². The molecule has 0 saturated carbocycles. The molecule has 0 amide bonds. The molecule has 0 bridgehead atoms. The van der Waals surface area contributed by atoms with Crippen LogP contribution in [0.4, 0.5) is 13.2 Å². The second-order valence-electron chi connectivity index (χ2n) is 5.66. The number of hydrogen-bond acceptors (Lipinski definition) is 4. The number of aromatic nitrogens is 4. The van der Waals surface area contributed by atoms with Gasteiger partial charge in [0.15, 0.2) is 5.65 Å². The van der Waals surface area contributed by atoms with Gasteiger partial charge < -0.3 is 0 Å². The van der Waals surface area contributed by atoms with E-state index in [1.54, 1.807) is 12.1 Å². The van der Waals surface area contributed by atoms with Crippen molar-refractivity contribution in [3.05, 3.63) is 88.4 Å². The van der Waals surface area contributed by atoms with Crippen molar-refractivity contribution in [3.8, 4) is 0 Å². The van der Waals surface area contributed by atoms with Gasteiger partial charge in [0, 0.05) is 22.9 Å². The maximum Gasteiger partial charge on any atom is 0.350 e. The maximum atomic E-state index is 13.9. The van der Waals surface area contributed by atoms with Crippen LogP contribution < -0.4 is 5.69 Å². The number of nitrogens with zero attached hydrogens (tertiary/aromatic N) is 4. The smallest absolute Gasteiger partial charge is 0.246 e. The minimum Gasteiger partial charge on any atom is -0.246 e. The highest BCUT2D eigenvalue weighted by molar-refractivity contribution is 7.99. The summed E-state index contributed by atoms with van der Waals surface area (Å²) in [6.07, 6.45) is 2.88. The number of rotatable bonds is 4. The SMILES string of the molecule is O=c1n(Cc2cc(F)ccc2F)nc2c(Sc3ccc(F)cc3)nccn12. The van der Waals surface area contributed by atoms with Gasteiger partial charge >= 0.3 is 5.69 Å². The van der Waals surface area contributed by atoms with Crippen LogP contribution in [0.1, 0.15) is 5.56 Å². The van der Waals surface area contributed by atoms with E-state index < -0.39 is 17.3 Å². The third-order valence-electron chi connectivity index (χ3n) is 3.83. The van der Waals surface area contributed by atoms with Crippen molar-refractivity contribution < 1.29 is 13.2 Å². The largest absolute Gasteiger partial charge is 0.350 e. The van der Waals surface area contributed by atoms with Crippen LogP contribution in [0.25, 0.3) is 5.65 Å². The van der Waals surface area contributed by atoms with E-state index in [2.05, 4.69) is 10.1 Å². The molecule has 0 aliphatic carbocycles. The van der Waals surface area contributed by atoms with Crippen LogP contribution in [-0.2, 0) is 6.54 Å². The highest BCUT2D eigenvalue weighted by Crippen LogP contribution is 2.28. The molecule has 27 heavy (non-hydrogen) atoms. The Hall–Kier alpha value is -3.07. The van der Waals surface area contributed by atoms with Crippen LogP contribution in [0.2, 0.25) is 0 Å². The highest BCUT2D eigenvalue weighted by atomic mass is 32.2. The van der Waals surface area contributed by atoms with Gasteiger partial charge in [-0.25, -0.2) is 32.0 Å². The van der Waals surface area contributed by atoms with Crippen LogP contribution >= 0.6 is 11.8 Å². The molecule has 0 atom stereocenters. The van der Waals surface area contributed by atoms with Crippen molar-refractivity contribution in [1.29, 1.82) is 0 Å². The fourth-order valence-electron chi connectivity index (χ4n) is 2.54. The van der Waals surface area contributed by atoms with E-state index in [9.17, 15) is 18.0 Å². The molecule has 136 valence electrons. The van der Waals surface area contributed by atoms with Gasteiger partial charge in [0.2, 0.25) is 0 Å². The molecule has 2 aromatic heterocycles. The highest BCUT2D eigenvalue weighted by Gasteiger charge is 2.15. The van der Waals surface area contributed by atoms with Gasteiger partial charge in [-0.3, -0.25) is 0 Å². The molecule has 0 aliphatic heterocycles. The average Bonchev–Trinajstić information content (AvgIpc) is 2.97. The first-order valence-electron chi connectivity index (χ1n) is 7.83. The van der Waals surface area contributed by atoms with E-state index in [1.165, 1.54) is 40.7 Å². The van der Waals surface area contributed by atoms with Crippen molar-refractivity contribution in [2.75, 3.05) is 0 Å². The Balaban J connectivity index is 1.74. The third-order valence-corrected chi connectivity index (χ3v) is 4.81. The van der Waals surface area contributed by atoms with Gasteiger partial charge in [-0.15, -0.1) is 5.10 Å². The molecule has 0 unspecified atom stereocenters. The zero-order valence-electron chi connectivity index (χ0n) is 13.6. The average molecular weight is 388 g/mol. The predicted octanol–water partition coefficient (Wildman–Crippen LogP) is 3.51. The zero-order chi connectivity index (χ0) is 19.0. The molecular weight excluding hydrogens is 377 g/mol. The Kier molecular flexibility index (Phi) is 4.44. The molecular formula is C18H11F3N4OS. The number of hydrogen-bond donors (Lipinski definition) is 0. The topological polar surface area (TPSA) is 52.2 Å². The molecule has 5 nitrogen and oxygen atoms in total. The van der Waals surface area contributed by atoms with E-state index >= 15 is 0 Å². The molecule has 0 N–H and O–H groups in total. The standard InChI is InChI=1S/C18H11F3N4OS/c19-12-1-4-14(5-2-12)27-17-16-23-25(18(26)24(16)8-7-22-17)10-11-9-13(20)3-6-15(11)21/h1-9H,10H2. The minimum absolute atomic E-state index is 0.0150. The van der Waals surface area contributed by atoms with Gasteiger partial charge in [-0.05, 0) is 42.5 Å². The summed E-state index contributed by atoms with van der Waals surface area (Å²) in [5, 5.41) is 4.64. The molecule has 4 rings (SSSR count). The second-order valence-corrected chi connectivity index (χ2v) is 6.72. The first-order valence-corrected chi connectivity index (χ1v) is 8.64. The van der Waals surface area contributed by atoms with Crippen molar-refractivity contribution in [2.24, 2.45) is 0 Å². The molecule has 0 fully saturated rings. The molecule has 0 saturated heterocycles. The summed E-state index contributed by atoms with van der Waals surface area (Å²) in [6.45, 7) is -0.217. The molecule has 2 aromatic carbocycles. The fraction of sp³-hybridized carbons (Fsp3) is 0.0556. The van der Waals surface area contributed by atoms with E-state index in [0.29, 0.717) is 5.03 Å². The number of fused-ring (bicyclic) bond motifs is 1. The molecule has 9 heteroatoms. The first kappa shape index (κ1) is 17.3. The van der Waals surface area contributed by atoms with Gasteiger partial charge in [-0.2, -0.15) is 0 Å². The number of halogens is 3. The van der Waals surface area contributed by atoms with E-state index in [0.717, 1.165) is 27.8 Å². The summed E-state index contributed by atoms with van der Waals surface area (Å²) in [7, 11) is 0. The lowest BCUT2D eigenvalue weighted by atomic mass is 10.2. The van der Waals surface area contributed by atoms with E-state index in [1.807, 2.05) is 0 Å². The van der Waals surface area contributed by atoms with Crippen molar-refractivity contribution in [3.63, 3.8) is 0 Å². The minimum atomic E-state index is -0.626. The monoisotopic (exact) mass is 388 g/mol. The lowest BCUT2D eigenvalue weighted by Gasteiger charge is -2.02. The van der Waals surface area contributed by atoms with Crippen molar-refractivity contribution in [2.45, 2.75) is 16.5 Å². The van der Waals surface area contributed by atoms with Crippen LogP contribution in [0.3, 0.4) is 0 Å². The molecule has 2 heterocycles. The maximum absolute atomic E-state index is 13.9. The van der Waals surface area contributed by atoms with Crippen molar-refractivity contribution >= 4 is 17.4 Å². The van der Waals surface area contributed by atoms with Crippen LogP contribution in [0.5, 0.6) is 0 Å². The Morgan fingerprint density at radius 1 is 1.00 bits per heavy atom. The first-order chi connectivity index (χ1) is 13.0. The van der Waals surface area contributed by atoms with Gasteiger partial charge in [0.25, 0.3) is 0 Å².